The topological polar surface area (TPSA) is 75.4 Å². The molecule has 3 rings (SSSR count). The molecule has 0 spiro atoms. The maximum atomic E-state index is 13.0. The number of halogens is 3. The minimum absolute atomic E-state index is 0.166. The van der Waals surface area contributed by atoms with Crippen molar-refractivity contribution in [1.82, 2.24) is 10.1 Å². The van der Waals surface area contributed by atoms with Gasteiger partial charge in [-0.25, -0.2) is 0 Å². The molecule has 29 heavy (non-hydrogen) atoms. The van der Waals surface area contributed by atoms with Crippen LogP contribution in [0.2, 0.25) is 10.0 Å². The van der Waals surface area contributed by atoms with Gasteiger partial charge in [-0.1, -0.05) is 46.6 Å². The second kappa shape index (κ2) is 8.98. The Hall–Kier alpha value is -2.35. The maximum Gasteiger partial charge on any atom is 0.259 e. The summed E-state index contributed by atoms with van der Waals surface area (Å²) in [4.78, 5) is 26.7. The summed E-state index contributed by atoms with van der Waals surface area (Å²) in [5, 5.41) is 7.41. The van der Waals surface area contributed by atoms with Gasteiger partial charge in [0.25, 0.3) is 5.91 Å². The highest BCUT2D eigenvalue weighted by Gasteiger charge is 2.27. The third-order valence-corrected chi connectivity index (χ3v) is 5.47. The van der Waals surface area contributed by atoms with Crippen LogP contribution in [-0.2, 0) is 4.79 Å². The molecule has 3 aromatic rings. The van der Waals surface area contributed by atoms with Crippen molar-refractivity contribution in [3.8, 4) is 11.3 Å². The Bertz CT molecular complexity index is 1060. The van der Waals surface area contributed by atoms with Crippen LogP contribution in [0.25, 0.3) is 11.3 Å². The Kier molecular flexibility index (Phi) is 6.62. The fourth-order valence-corrected chi connectivity index (χ4v) is 3.71. The van der Waals surface area contributed by atoms with Gasteiger partial charge >= 0.3 is 0 Å². The number of nitrogens with one attached hydrogen (secondary N) is 1. The van der Waals surface area contributed by atoms with E-state index < -0.39 is 5.91 Å². The van der Waals surface area contributed by atoms with E-state index >= 15 is 0 Å². The maximum absolute atomic E-state index is 13.0. The fraction of sp³-hybridized carbons (Fsp3) is 0.150. The van der Waals surface area contributed by atoms with Crippen LogP contribution in [-0.4, -0.2) is 35.5 Å². The van der Waals surface area contributed by atoms with Gasteiger partial charge < -0.3 is 14.7 Å². The zero-order valence-electron chi connectivity index (χ0n) is 15.5. The van der Waals surface area contributed by atoms with Crippen molar-refractivity contribution in [1.29, 1.82) is 0 Å². The number of anilines is 1. The standard InChI is InChI=1S/C20H16BrCl2N3O3/c1-11-17(19(25-29-11)18-13(22)7-5-8-14(18)23)20(28)26(2)10-16(27)24-15-9-4-3-6-12(15)21/h3-9H,10H2,1-2H3,(H,24,27). The van der Waals surface area contributed by atoms with Crippen LogP contribution >= 0.6 is 39.1 Å². The van der Waals surface area contributed by atoms with E-state index in [-0.39, 0.29) is 23.7 Å². The summed E-state index contributed by atoms with van der Waals surface area (Å²) in [6, 6.07) is 12.2. The second-order valence-corrected chi connectivity index (χ2v) is 7.92. The number of carbonyl (C=O) groups is 2. The number of likely N-dealkylation sites (N-methyl/N-ethyl adjacent to an activating group) is 1. The minimum Gasteiger partial charge on any atom is -0.360 e. The molecule has 0 saturated heterocycles. The molecule has 2 aromatic carbocycles. The van der Waals surface area contributed by atoms with Crippen molar-refractivity contribution in [2.75, 3.05) is 18.9 Å². The first-order valence-electron chi connectivity index (χ1n) is 8.50. The highest BCUT2D eigenvalue weighted by molar-refractivity contribution is 9.10. The number of hydrogen-bond acceptors (Lipinski definition) is 4. The van der Waals surface area contributed by atoms with Crippen LogP contribution in [0.3, 0.4) is 0 Å². The second-order valence-electron chi connectivity index (χ2n) is 6.25. The Morgan fingerprint density at radius 3 is 2.45 bits per heavy atom. The van der Waals surface area contributed by atoms with Gasteiger partial charge in [0.1, 0.15) is 17.0 Å². The van der Waals surface area contributed by atoms with Crippen molar-refractivity contribution in [3.05, 3.63) is 68.3 Å². The van der Waals surface area contributed by atoms with E-state index in [0.717, 1.165) is 4.47 Å². The molecule has 1 aromatic heterocycles. The summed E-state index contributed by atoms with van der Waals surface area (Å²) >= 11 is 15.9. The first-order valence-corrected chi connectivity index (χ1v) is 10.0. The van der Waals surface area contributed by atoms with Gasteiger partial charge in [-0.05, 0) is 47.1 Å². The minimum atomic E-state index is -0.433. The van der Waals surface area contributed by atoms with Crippen molar-refractivity contribution in [2.24, 2.45) is 0 Å². The molecule has 0 aliphatic carbocycles. The predicted octanol–water partition coefficient (Wildman–Crippen LogP) is 5.43. The molecule has 6 nitrogen and oxygen atoms in total. The molecule has 0 saturated carbocycles. The third-order valence-electron chi connectivity index (χ3n) is 4.15. The normalized spacial score (nSPS) is 10.7. The van der Waals surface area contributed by atoms with Crippen molar-refractivity contribution in [2.45, 2.75) is 6.92 Å². The average Bonchev–Trinajstić information content (AvgIpc) is 3.04. The Morgan fingerprint density at radius 1 is 1.14 bits per heavy atom. The van der Waals surface area contributed by atoms with Crippen molar-refractivity contribution < 1.29 is 14.1 Å². The number of amides is 2. The molecule has 0 unspecified atom stereocenters. The fourth-order valence-electron chi connectivity index (χ4n) is 2.75. The summed E-state index contributed by atoms with van der Waals surface area (Å²) in [5.41, 5.74) is 1.46. The number of rotatable bonds is 5. The largest absolute Gasteiger partial charge is 0.360 e. The number of para-hydroxylation sites is 1. The van der Waals surface area contributed by atoms with E-state index in [1.54, 1.807) is 37.3 Å². The summed E-state index contributed by atoms with van der Waals surface area (Å²) in [6.07, 6.45) is 0. The lowest BCUT2D eigenvalue weighted by Crippen LogP contribution is -2.35. The first kappa shape index (κ1) is 21.4. The lowest BCUT2D eigenvalue weighted by Gasteiger charge is -2.17. The molecule has 1 N–H and O–H groups in total. The van der Waals surface area contributed by atoms with Crippen molar-refractivity contribution in [3.63, 3.8) is 0 Å². The third kappa shape index (κ3) is 4.63. The molecule has 150 valence electrons. The van der Waals surface area contributed by atoms with Crippen LogP contribution in [0.15, 0.2) is 51.5 Å². The highest BCUT2D eigenvalue weighted by Crippen LogP contribution is 2.37. The molecule has 0 fully saturated rings. The molecule has 9 heteroatoms. The Labute approximate surface area is 185 Å². The van der Waals surface area contributed by atoms with Gasteiger partial charge in [0.2, 0.25) is 5.91 Å². The number of carbonyl (C=O) groups excluding carboxylic acids is 2. The number of hydrogen-bond donors (Lipinski definition) is 1. The molecule has 0 bridgehead atoms. The quantitative estimate of drug-likeness (QED) is 0.511. The lowest BCUT2D eigenvalue weighted by atomic mass is 10.0. The molecule has 1 heterocycles. The molecule has 0 atom stereocenters. The smallest absolute Gasteiger partial charge is 0.259 e. The van der Waals surface area contributed by atoms with E-state index in [4.69, 9.17) is 27.7 Å². The zero-order valence-corrected chi connectivity index (χ0v) is 18.6. The Morgan fingerprint density at radius 2 is 1.79 bits per heavy atom. The Balaban J connectivity index is 1.83. The van der Waals surface area contributed by atoms with Gasteiger partial charge in [0.05, 0.1) is 22.3 Å². The first-order chi connectivity index (χ1) is 13.8. The van der Waals surface area contributed by atoms with Crippen LogP contribution in [0.4, 0.5) is 5.69 Å². The molecular formula is C20H16BrCl2N3O3. The monoisotopic (exact) mass is 495 g/mol. The lowest BCUT2D eigenvalue weighted by molar-refractivity contribution is -0.116. The van der Waals surface area contributed by atoms with Crippen LogP contribution in [0.1, 0.15) is 16.1 Å². The van der Waals surface area contributed by atoms with E-state index in [1.807, 2.05) is 12.1 Å². The van der Waals surface area contributed by atoms with E-state index in [0.29, 0.717) is 27.1 Å². The van der Waals surface area contributed by atoms with Gasteiger partial charge in [-0.15, -0.1) is 0 Å². The van der Waals surface area contributed by atoms with Gasteiger partial charge in [-0.2, -0.15) is 0 Å². The SMILES string of the molecule is Cc1onc(-c2c(Cl)cccc2Cl)c1C(=O)N(C)CC(=O)Nc1ccccc1Br. The van der Waals surface area contributed by atoms with Crippen LogP contribution in [0, 0.1) is 6.92 Å². The van der Waals surface area contributed by atoms with E-state index in [2.05, 4.69) is 26.4 Å². The van der Waals surface area contributed by atoms with Crippen LogP contribution in [0.5, 0.6) is 0 Å². The number of nitrogens with zero attached hydrogens (tertiary/aromatic N) is 2. The van der Waals surface area contributed by atoms with E-state index in [9.17, 15) is 9.59 Å². The van der Waals surface area contributed by atoms with Gasteiger partial charge in [-0.3, -0.25) is 9.59 Å². The number of aryl methyl sites for hydroxylation is 1. The molecule has 0 aliphatic heterocycles. The summed E-state index contributed by atoms with van der Waals surface area (Å²) in [6.45, 7) is 1.45. The van der Waals surface area contributed by atoms with Crippen molar-refractivity contribution >= 4 is 56.6 Å². The molecule has 2 amide bonds. The summed E-state index contributed by atoms with van der Waals surface area (Å²) in [5.74, 6) is -0.477. The summed E-state index contributed by atoms with van der Waals surface area (Å²) < 4.78 is 5.97. The van der Waals surface area contributed by atoms with Gasteiger partial charge in [0, 0.05) is 17.1 Å². The highest BCUT2D eigenvalue weighted by atomic mass is 79.9. The summed E-state index contributed by atoms with van der Waals surface area (Å²) in [7, 11) is 1.52. The number of benzene rings is 2. The van der Waals surface area contributed by atoms with E-state index in [1.165, 1.54) is 11.9 Å². The number of aromatic nitrogens is 1. The molecule has 0 aliphatic rings. The average molecular weight is 497 g/mol. The zero-order chi connectivity index (χ0) is 21.1. The van der Waals surface area contributed by atoms with Gasteiger partial charge in [0.15, 0.2) is 0 Å². The molecular weight excluding hydrogens is 481 g/mol. The predicted molar refractivity (Wildman–Crippen MR) is 116 cm³/mol. The molecule has 0 radical (unpaired) electrons. The van der Waals surface area contributed by atoms with Crippen LogP contribution < -0.4 is 5.32 Å².